The number of hydrogen-bond donors (Lipinski definition) is 0. The summed E-state index contributed by atoms with van der Waals surface area (Å²) in [5, 5.41) is 8.78. The highest BCUT2D eigenvalue weighted by Crippen LogP contribution is 2.15. The molecule has 0 aliphatic heterocycles. The first-order chi connectivity index (χ1) is 7.13. The predicted octanol–water partition coefficient (Wildman–Crippen LogP) is 3.93. The highest BCUT2D eigenvalue weighted by atomic mass is 14.2. The van der Waals surface area contributed by atoms with E-state index in [0.717, 1.165) is 5.56 Å². The van der Waals surface area contributed by atoms with Crippen molar-refractivity contribution in [1.82, 2.24) is 0 Å². The van der Waals surface area contributed by atoms with Crippen molar-refractivity contribution < 1.29 is 0 Å². The number of nitriles is 1. The number of benzene rings is 1. The Hall–Kier alpha value is -1.81. The van der Waals surface area contributed by atoms with Crippen LogP contribution in [-0.2, 0) is 0 Å². The standard InChI is InChI=1S/C14H15N/c1-11(2)7-8-12(3)14-6-4-5-13(9-14)10-15/h4-9H,1-3H3/b12-8+. The molecule has 0 saturated carbocycles. The van der Waals surface area contributed by atoms with Gasteiger partial charge in [0.2, 0.25) is 0 Å². The first-order valence-corrected chi connectivity index (χ1v) is 4.96. The molecule has 1 aromatic rings. The van der Waals surface area contributed by atoms with Crippen LogP contribution in [0, 0.1) is 11.3 Å². The molecule has 1 nitrogen and oxygen atoms in total. The maximum atomic E-state index is 8.78. The Bertz CT molecular complexity index is 441. The Morgan fingerprint density at radius 1 is 1.20 bits per heavy atom. The Morgan fingerprint density at radius 2 is 1.93 bits per heavy atom. The maximum Gasteiger partial charge on any atom is 0.0991 e. The van der Waals surface area contributed by atoms with E-state index in [0.29, 0.717) is 5.56 Å². The van der Waals surface area contributed by atoms with Crippen molar-refractivity contribution in [1.29, 1.82) is 5.26 Å². The third-order valence-corrected chi connectivity index (χ3v) is 2.11. The van der Waals surface area contributed by atoms with E-state index < -0.39 is 0 Å². The van der Waals surface area contributed by atoms with Crippen molar-refractivity contribution in [3.63, 3.8) is 0 Å². The van der Waals surface area contributed by atoms with E-state index >= 15 is 0 Å². The van der Waals surface area contributed by atoms with Crippen molar-refractivity contribution in [2.24, 2.45) is 0 Å². The van der Waals surface area contributed by atoms with E-state index in [1.54, 1.807) is 0 Å². The van der Waals surface area contributed by atoms with Gasteiger partial charge in [0.15, 0.2) is 0 Å². The normalized spacial score (nSPS) is 10.7. The molecule has 0 heterocycles. The second-order valence-electron chi connectivity index (χ2n) is 3.79. The summed E-state index contributed by atoms with van der Waals surface area (Å²) in [6.07, 6.45) is 4.15. The predicted molar refractivity (Wildman–Crippen MR) is 64.2 cm³/mol. The number of hydrogen-bond acceptors (Lipinski definition) is 1. The van der Waals surface area contributed by atoms with Crippen molar-refractivity contribution >= 4 is 5.57 Å². The van der Waals surface area contributed by atoms with Crippen LogP contribution in [0.25, 0.3) is 5.57 Å². The Labute approximate surface area is 91.4 Å². The molecular weight excluding hydrogens is 182 g/mol. The quantitative estimate of drug-likeness (QED) is 0.659. The average molecular weight is 197 g/mol. The highest BCUT2D eigenvalue weighted by molar-refractivity contribution is 5.66. The van der Waals surface area contributed by atoms with Crippen LogP contribution < -0.4 is 0 Å². The molecule has 0 bridgehead atoms. The zero-order valence-electron chi connectivity index (χ0n) is 9.41. The number of nitrogens with zero attached hydrogens (tertiary/aromatic N) is 1. The fourth-order valence-electron chi connectivity index (χ4n) is 1.22. The van der Waals surface area contributed by atoms with Gasteiger partial charge in [-0.25, -0.2) is 0 Å². The van der Waals surface area contributed by atoms with E-state index in [9.17, 15) is 0 Å². The molecule has 0 unspecified atom stereocenters. The van der Waals surface area contributed by atoms with Crippen molar-refractivity contribution in [2.45, 2.75) is 20.8 Å². The summed E-state index contributed by atoms with van der Waals surface area (Å²) in [6, 6.07) is 9.80. The minimum Gasteiger partial charge on any atom is -0.192 e. The van der Waals surface area contributed by atoms with Gasteiger partial charge in [-0.3, -0.25) is 0 Å². The topological polar surface area (TPSA) is 23.8 Å². The molecule has 0 aromatic heterocycles. The van der Waals surface area contributed by atoms with Gasteiger partial charge in [0.1, 0.15) is 0 Å². The molecule has 0 amide bonds. The van der Waals surface area contributed by atoms with Crippen LogP contribution in [0.5, 0.6) is 0 Å². The Balaban J connectivity index is 3.02. The maximum absolute atomic E-state index is 8.78. The van der Waals surface area contributed by atoms with Gasteiger partial charge in [0, 0.05) is 0 Å². The minimum absolute atomic E-state index is 0.706. The summed E-state index contributed by atoms with van der Waals surface area (Å²) >= 11 is 0. The third-order valence-electron chi connectivity index (χ3n) is 2.11. The summed E-state index contributed by atoms with van der Waals surface area (Å²) in [6.45, 7) is 6.18. The third kappa shape index (κ3) is 3.44. The summed E-state index contributed by atoms with van der Waals surface area (Å²) in [5.41, 5.74) is 4.25. The molecule has 0 fully saturated rings. The Kier molecular flexibility index (Phi) is 3.88. The lowest BCUT2D eigenvalue weighted by atomic mass is 10.0. The van der Waals surface area contributed by atoms with E-state index in [1.807, 2.05) is 24.3 Å². The van der Waals surface area contributed by atoms with Crippen molar-refractivity contribution in [3.8, 4) is 6.07 Å². The molecule has 0 aliphatic carbocycles. The molecule has 0 spiro atoms. The lowest BCUT2D eigenvalue weighted by Gasteiger charge is -2.00. The Morgan fingerprint density at radius 3 is 2.53 bits per heavy atom. The van der Waals surface area contributed by atoms with Gasteiger partial charge in [-0.1, -0.05) is 29.9 Å². The first kappa shape index (κ1) is 11.3. The van der Waals surface area contributed by atoms with Crippen LogP contribution in [0.15, 0.2) is 42.0 Å². The van der Waals surface area contributed by atoms with Gasteiger partial charge in [0.05, 0.1) is 11.6 Å². The van der Waals surface area contributed by atoms with E-state index in [2.05, 4.69) is 39.0 Å². The van der Waals surface area contributed by atoms with Gasteiger partial charge >= 0.3 is 0 Å². The molecule has 1 heteroatoms. The highest BCUT2D eigenvalue weighted by Gasteiger charge is 1.96. The second kappa shape index (κ2) is 5.17. The largest absolute Gasteiger partial charge is 0.192 e. The van der Waals surface area contributed by atoms with Crippen LogP contribution in [0.4, 0.5) is 0 Å². The van der Waals surface area contributed by atoms with Gasteiger partial charge in [-0.05, 0) is 44.0 Å². The molecule has 0 N–H and O–H groups in total. The zero-order chi connectivity index (χ0) is 11.3. The molecule has 15 heavy (non-hydrogen) atoms. The molecule has 76 valence electrons. The summed E-state index contributed by atoms with van der Waals surface area (Å²) < 4.78 is 0. The second-order valence-corrected chi connectivity index (χ2v) is 3.79. The van der Waals surface area contributed by atoms with Crippen LogP contribution in [0.2, 0.25) is 0 Å². The van der Waals surface area contributed by atoms with Crippen LogP contribution in [0.3, 0.4) is 0 Å². The van der Waals surface area contributed by atoms with Gasteiger partial charge in [-0.2, -0.15) is 5.26 Å². The first-order valence-electron chi connectivity index (χ1n) is 4.96. The van der Waals surface area contributed by atoms with Crippen molar-refractivity contribution in [3.05, 3.63) is 53.1 Å². The van der Waals surface area contributed by atoms with E-state index in [1.165, 1.54) is 11.1 Å². The van der Waals surface area contributed by atoms with Crippen molar-refractivity contribution in [2.75, 3.05) is 0 Å². The monoisotopic (exact) mass is 197 g/mol. The molecule has 0 radical (unpaired) electrons. The molecule has 0 aliphatic rings. The lowest BCUT2D eigenvalue weighted by Crippen LogP contribution is -1.81. The molecule has 0 atom stereocenters. The van der Waals surface area contributed by atoms with Gasteiger partial charge in [0.25, 0.3) is 0 Å². The fraction of sp³-hybridized carbons (Fsp3) is 0.214. The van der Waals surface area contributed by atoms with Gasteiger partial charge in [-0.15, -0.1) is 0 Å². The van der Waals surface area contributed by atoms with E-state index in [-0.39, 0.29) is 0 Å². The van der Waals surface area contributed by atoms with Crippen LogP contribution >= 0.6 is 0 Å². The van der Waals surface area contributed by atoms with Crippen LogP contribution in [0.1, 0.15) is 31.9 Å². The lowest BCUT2D eigenvalue weighted by molar-refractivity contribution is 1.39. The molecule has 0 saturated heterocycles. The van der Waals surface area contributed by atoms with Crippen LogP contribution in [-0.4, -0.2) is 0 Å². The smallest absolute Gasteiger partial charge is 0.0991 e. The SMILES string of the molecule is CC(C)=C/C=C(\C)c1cccc(C#N)c1. The zero-order valence-corrected chi connectivity index (χ0v) is 9.41. The summed E-state index contributed by atoms with van der Waals surface area (Å²) in [4.78, 5) is 0. The number of rotatable bonds is 2. The number of allylic oxidation sites excluding steroid dienone is 4. The molecular formula is C14H15N. The molecule has 1 rings (SSSR count). The molecule has 1 aromatic carbocycles. The average Bonchev–Trinajstić information content (AvgIpc) is 2.26. The van der Waals surface area contributed by atoms with E-state index in [4.69, 9.17) is 5.26 Å². The minimum atomic E-state index is 0.706. The summed E-state index contributed by atoms with van der Waals surface area (Å²) in [7, 11) is 0. The summed E-state index contributed by atoms with van der Waals surface area (Å²) in [5.74, 6) is 0. The fourth-order valence-corrected chi connectivity index (χ4v) is 1.22. The van der Waals surface area contributed by atoms with Gasteiger partial charge < -0.3 is 0 Å².